The van der Waals surface area contributed by atoms with Gasteiger partial charge in [0, 0.05) is 11.3 Å². The van der Waals surface area contributed by atoms with Gasteiger partial charge >= 0.3 is 5.97 Å². The Kier molecular flexibility index (Phi) is 5.75. The average molecular weight is 417 g/mol. The Morgan fingerprint density at radius 2 is 1.74 bits per heavy atom. The fourth-order valence-corrected chi connectivity index (χ4v) is 2.87. The molecule has 1 N–H and O–H groups in total. The summed E-state index contributed by atoms with van der Waals surface area (Å²) < 4.78 is 20.1. The van der Waals surface area contributed by atoms with Crippen molar-refractivity contribution in [3.63, 3.8) is 0 Å². The van der Waals surface area contributed by atoms with Crippen molar-refractivity contribution in [3.05, 3.63) is 102 Å². The summed E-state index contributed by atoms with van der Waals surface area (Å²) in [5.41, 5.74) is 1.66. The lowest BCUT2D eigenvalue weighted by Gasteiger charge is -2.18. The van der Waals surface area contributed by atoms with E-state index in [2.05, 4.69) is 20.8 Å². The van der Waals surface area contributed by atoms with Crippen molar-refractivity contribution in [2.75, 3.05) is 5.32 Å². The average Bonchev–Trinajstić information content (AvgIpc) is 3.34. The van der Waals surface area contributed by atoms with Gasteiger partial charge in [-0.15, -0.1) is 5.10 Å². The fraction of sp³-hybridized carbons (Fsp3) is 0.0455. The lowest BCUT2D eigenvalue weighted by atomic mass is 10.1. The molecule has 9 heteroatoms. The number of halogens is 1. The molecule has 0 bridgehead atoms. The van der Waals surface area contributed by atoms with Gasteiger partial charge in [0.2, 0.25) is 6.10 Å². The number of carbonyl (C=O) groups excluding carboxylic acids is 2. The van der Waals surface area contributed by atoms with Crippen LogP contribution in [-0.2, 0) is 9.53 Å². The summed E-state index contributed by atoms with van der Waals surface area (Å²) in [4.78, 5) is 25.7. The monoisotopic (exact) mass is 417 g/mol. The number of benzene rings is 3. The largest absolute Gasteiger partial charge is 0.444 e. The van der Waals surface area contributed by atoms with Crippen molar-refractivity contribution >= 4 is 17.6 Å². The van der Waals surface area contributed by atoms with Crippen LogP contribution in [0.2, 0.25) is 0 Å². The van der Waals surface area contributed by atoms with Crippen LogP contribution in [0.15, 0.2) is 85.2 Å². The third kappa shape index (κ3) is 4.78. The van der Waals surface area contributed by atoms with Crippen LogP contribution in [0, 0.1) is 5.82 Å². The van der Waals surface area contributed by atoms with Gasteiger partial charge in [-0.3, -0.25) is 4.79 Å². The van der Waals surface area contributed by atoms with Gasteiger partial charge in [0.05, 0.1) is 11.3 Å². The highest BCUT2D eigenvalue weighted by Crippen LogP contribution is 2.22. The normalized spacial score (nSPS) is 11.5. The molecule has 4 aromatic rings. The molecule has 0 saturated carbocycles. The zero-order chi connectivity index (χ0) is 21.6. The molecule has 8 nitrogen and oxygen atoms in total. The smallest absolute Gasteiger partial charge is 0.339 e. The van der Waals surface area contributed by atoms with Crippen LogP contribution >= 0.6 is 0 Å². The maximum absolute atomic E-state index is 13.1. The quantitative estimate of drug-likeness (QED) is 0.483. The molecule has 31 heavy (non-hydrogen) atoms. The number of tetrazole rings is 1. The van der Waals surface area contributed by atoms with E-state index >= 15 is 0 Å². The standard InChI is InChI=1S/C22H16FN5O3/c23-17-9-11-18(12-10-17)25-21(29)20(15-5-2-1-3-6-15)31-22(30)16-7-4-8-19(13-16)28-14-24-26-27-28/h1-14,20H,(H,25,29)/t20-/m1/s1. The van der Waals surface area contributed by atoms with Crippen molar-refractivity contribution in [2.45, 2.75) is 6.10 Å². The Labute approximate surface area is 176 Å². The molecule has 0 aliphatic rings. The summed E-state index contributed by atoms with van der Waals surface area (Å²) in [5, 5.41) is 13.6. The highest BCUT2D eigenvalue weighted by atomic mass is 19.1. The highest BCUT2D eigenvalue weighted by molar-refractivity contribution is 5.98. The van der Waals surface area contributed by atoms with Crippen molar-refractivity contribution < 1.29 is 18.7 Å². The number of hydrogen-bond acceptors (Lipinski definition) is 6. The van der Waals surface area contributed by atoms with Crippen LogP contribution in [-0.4, -0.2) is 32.1 Å². The van der Waals surface area contributed by atoms with Gasteiger partial charge in [-0.05, 0) is 52.9 Å². The van der Waals surface area contributed by atoms with Crippen LogP contribution < -0.4 is 5.32 Å². The molecule has 154 valence electrons. The van der Waals surface area contributed by atoms with Crippen molar-refractivity contribution in [2.24, 2.45) is 0 Å². The van der Waals surface area contributed by atoms with E-state index in [1.165, 1.54) is 35.3 Å². The molecule has 0 fully saturated rings. The molecule has 0 spiro atoms. The summed E-state index contributed by atoms with van der Waals surface area (Å²) in [6.45, 7) is 0. The number of nitrogens with zero attached hydrogens (tertiary/aromatic N) is 4. The van der Waals surface area contributed by atoms with Gasteiger partial charge in [-0.25, -0.2) is 13.9 Å². The maximum atomic E-state index is 13.1. The van der Waals surface area contributed by atoms with Crippen LogP contribution in [0.5, 0.6) is 0 Å². The molecule has 1 atom stereocenters. The lowest BCUT2D eigenvalue weighted by Crippen LogP contribution is -2.26. The number of aromatic nitrogens is 4. The summed E-state index contributed by atoms with van der Waals surface area (Å²) >= 11 is 0. The van der Waals surface area contributed by atoms with Gasteiger partial charge in [0.1, 0.15) is 12.1 Å². The number of amides is 1. The van der Waals surface area contributed by atoms with E-state index < -0.39 is 23.8 Å². The molecule has 4 rings (SSSR count). The molecular weight excluding hydrogens is 401 g/mol. The Morgan fingerprint density at radius 3 is 2.45 bits per heavy atom. The third-order valence-electron chi connectivity index (χ3n) is 4.37. The van der Waals surface area contributed by atoms with Crippen molar-refractivity contribution in [1.82, 2.24) is 20.2 Å². The molecule has 0 radical (unpaired) electrons. The lowest BCUT2D eigenvalue weighted by molar-refractivity contribution is -0.125. The minimum Gasteiger partial charge on any atom is -0.444 e. The summed E-state index contributed by atoms with van der Waals surface area (Å²) in [6, 6.07) is 20.4. The SMILES string of the molecule is O=C(O[C@@H](C(=O)Nc1ccc(F)cc1)c1ccccc1)c1cccc(-n2cnnn2)c1. The van der Waals surface area contributed by atoms with Crippen LogP contribution in [0.3, 0.4) is 0 Å². The number of anilines is 1. The third-order valence-corrected chi connectivity index (χ3v) is 4.37. The van der Waals surface area contributed by atoms with Gasteiger partial charge < -0.3 is 10.1 Å². The number of rotatable bonds is 6. The first-order chi connectivity index (χ1) is 15.1. The van der Waals surface area contributed by atoms with E-state index in [-0.39, 0.29) is 5.56 Å². The molecule has 1 heterocycles. The van der Waals surface area contributed by atoms with Crippen molar-refractivity contribution in [3.8, 4) is 5.69 Å². The Balaban J connectivity index is 1.57. The van der Waals surface area contributed by atoms with Crippen LogP contribution in [0.25, 0.3) is 5.69 Å². The zero-order valence-corrected chi connectivity index (χ0v) is 16.1. The second-order valence-electron chi connectivity index (χ2n) is 6.50. The Morgan fingerprint density at radius 1 is 0.968 bits per heavy atom. The molecule has 0 saturated heterocycles. The van der Waals surface area contributed by atoms with E-state index in [1.807, 2.05) is 0 Å². The second kappa shape index (κ2) is 8.95. The summed E-state index contributed by atoms with van der Waals surface area (Å²) in [7, 11) is 0. The van der Waals surface area contributed by atoms with E-state index in [9.17, 15) is 14.0 Å². The molecule has 1 amide bonds. The number of ether oxygens (including phenoxy) is 1. The minimum absolute atomic E-state index is 0.225. The van der Waals surface area contributed by atoms with Crippen LogP contribution in [0.1, 0.15) is 22.0 Å². The summed E-state index contributed by atoms with van der Waals surface area (Å²) in [6.07, 6.45) is 0.184. The number of nitrogens with one attached hydrogen (secondary N) is 1. The number of hydrogen-bond donors (Lipinski definition) is 1. The van der Waals surface area contributed by atoms with Crippen molar-refractivity contribution in [1.29, 1.82) is 0 Å². The van der Waals surface area contributed by atoms with E-state index in [0.717, 1.165) is 0 Å². The second-order valence-corrected chi connectivity index (χ2v) is 6.50. The van der Waals surface area contributed by atoms with E-state index in [4.69, 9.17) is 4.74 Å². The Bertz CT molecular complexity index is 1180. The molecule has 0 aliphatic heterocycles. The van der Waals surface area contributed by atoms with Gasteiger partial charge in [-0.2, -0.15) is 0 Å². The van der Waals surface area contributed by atoms with Gasteiger partial charge in [0.25, 0.3) is 5.91 Å². The molecule has 0 unspecified atom stereocenters. The first kappa shape index (κ1) is 19.9. The highest BCUT2D eigenvalue weighted by Gasteiger charge is 2.26. The van der Waals surface area contributed by atoms with Gasteiger partial charge in [-0.1, -0.05) is 36.4 Å². The molecule has 3 aromatic carbocycles. The summed E-state index contributed by atoms with van der Waals surface area (Å²) in [5.74, 6) is -1.69. The topological polar surface area (TPSA) is 99.0 Å². The number of esters is 1. The Hall–Kier alpha value is -4.40. The van der Waals surface area contributed by atoms with E-state index in [0.29, 0.717) is 16.9 Å². The van der Waals surface area contributed by atoms with E-state index in [1.54, 1.807) is 54.6 Å². The maximum Gasteiger partial charge on any atom is 0.339 e. The predicted molar refractivity (Wildman–Crippen MR) is 109 cm³/mol. The fourth-order valence-electron chi connectivity index (χ4n) is 2.87. The minimum atomic E-state index is -1.21. The molecule has 0 aliphatic carbocycles. The first-order valence-electron chi connectivity index (χ1n) is 9.26. The van der Waals surface area contributed by atoms with Gasteiger partial charge in [0.15, 0.2) is 0 Å². The molecule has 1 aromatic heterocycles. The van der Waals surface area contributed by atoms with Crippen LogP contribution in [0.4, 0.5) is 10.1 Å². The number of carbonyl (C=O) groups is 2. The predicted octanol–water partition coefficient (Wildman–Crippen LogP) is 3.34. The zero-order valence-electron chi connectivity index (χ0n) is 16.1. The first-order valence-corrected chi connectivity index (χ1v) is 9.26. The molecular formula is C22H16FN5O3.